The van der Waals surface area contributed by atoms with Gasteiger partial charge < -0.3 is 64.5 Å². The molecule has 13 heteroatoms. The van der Waals surface area contributed by atoms with Gasteiger partial charge in [-0.15, -0.1) is 0 Å². The maximum Gasteiger partial charge on any atom is 0.186 e. The largest absolute Gasteiger partial charge is 0.388 e. The molecule has 28 heavy (non-hydrogen) atoms. The van der Waals surface area contributed by atoms with E-state index in [0.717, 1.165) is 0 Å². The first-order valence-corrected chi connectivity index (χ1v) is 8.81. The lowest BCUT2D eigenvalue weighted by Crippen LogP contribution is -2.62. The van der Waals surface area contributed by atoms with E-state index in [1.54, 1.807) is 0 Å². The summed E-state index contributed by atoms with van der Waals surface area (Å²) in [6.45, 7) is -0.948. The highest BCUT2D eigenvalue weighted by molar-refractivity contribution is 4.90. The molecule has 3 saturated heterocycles. The van der Waals surface area contributed by atoms with Gasteiger partial charge in [-0.2, -0.15) is 0 Å². The van der Waals surface area contributed by atoms with Crippen molar-refractivity contribution >= 4 is 0 Å². The van der Waals surface area contributed by atoms with Gasteiger partial charge in [-0.25, -0.2) is 0 Å². The lowest BCUT2D eigenvalue weighted by Gasteiger charge is -2.43. The van der Waals surface area contributed by atoms with Crippen molar-refractivity contribution < 1.29 is 64.5 Å². The Labute approximate surface area is 159 Å². The second-order valence-corrected chi connectivity index (χ2v) is 6.99. The zero-order chi connectivity index (χ0) is 20.6. The molecule has 0 aliphatic carbocycles. The first-order valence-electron chi connectivity index (χ1n) is 8.81. The highest BCUT2D eigenvalue weighted by atomic mass is 16.7. The average Bonchev–Trinajstić information content (AvgIpc) is 2.67. The molecule has 0 radical (unpaired) electrons. The molecule has 8 N–H and O–H groups in total. The lowest BCUT2D eigenvalue weighted by atomic mass is 10.0. The molecule has 0 aromatic carbocycles. The van der Waals surface area contributed by atoms with Crippen LogP contribution in [0.3, 0.4) is 0 Å². The van der Waals surface area contributed by atoms with Gasteiger partial charge in [0.15, 0.2) is 18.9 Å². The predicted octanol–water partition coefficient (Wildman–Crippen LogP) is -5.66. The van der Waals surface area contributed by atoms with Crippen molar-refractivity contribution in [2.45, 2.75) is 73.8 Å². The van der Waals surface area contributed by atoms with E-state index < -0.39 is 73.8 Å². The van der Waals surface area contributed by atoms with Crippen LogP contribution in [0.1, 0.15) is 0 Å². The number of aliphatic hydroxyl groups is 8. The van der Waals surface area contributed by atoms with Gasteiger partial charge in [0, 0.05) is 0 Å². The SMILES string of the molecule is O[C@@H]1[C@H](O[C@@H]2CO[C@@H](O[C@H]3[C@H](O)[C@H](O)CO[C@H]3O)[C@@H](O)[C@@H]2O)OC[C@@H](O)[C@H]1O. The molecule has 0 unspecified atom stereocenters. The quantitative estimate of drug-likeness (QED) is 0.216. The van der Waals surface area contributed by atoms with Crippen LogP contribution in [-0.4, -0.2) is 134 Å². The normalized spacial score (nSPS) is 53.1. The van der Waals surface area contributed by atoms with Crippen LogP contribution < -0.4 is 0 Å². The van der Waals surface area contributed by atoms with E-state index in [2.05, 4.69) is 0 Å². The Balaban J connectivity index is 1.57. The number of ether oxygens (including phenoxy) is 5. The monoisotopic (exact) mass is 414 g/mol. The van der Waals surface area contributed by atoms with Crippen molar-refractivity contribution in [2.75, 3.05) is 19.8 Å². The van der Waals surface area contributed by atoms with Gasteiger partial charge in [0.25, 0.3) is 0 Å². The van der Waals surface area contributed by atoms with Crippen molar-refractivity contribution in [2.24, 2.45) is 0 Å². The molecule has 12 atom stereocenters. The van der Waals surface area contributed by atoms with Crippen LogP contribution >= 0.6 is 0 Å². The van der Waals surface area contributed by atoms with Crippen LogP contribution in [-0.2, 0) is 23.7 Å². The summed E-state index contributed by atoms with van der Waals surface area (Å²) >= 11 is 0. The number of rotatable bonds is 4. The van der Waals surface area contributed by atoms with Crippen molar-refractivity contribution in [3.05, 3.63) is 0 Å². The van der Waals surface area contributed by atoms with E-state index in [1.807, 2.05) is 0 Å². The maximum absolute atomic E-state index is 10.3. The summed E-state index contributed by atoms with van der Waals surface area (Å²) in [7, 11) is 0. The molecular formula is C15H26O13. The first-order chi connectivity index (χ1) is 13.2. The van der Waals surface area contributed by atoms with Gasteiger partial charge in [0.1, 0.15) is 54.9 Å². The molecule has 0 amide bonds. The molecule has 164 valence electrons. The third kappa shape index (κ3) is 4.46. The zero-order valence-corrected chi connectivity index (χ0v) is 14.7. The Hall–Kier alpha value is -0.520. The van der Waals surface area contributed by atoms with Crippen LogP contribution in [0.4, 0.5) is 0 Å². The lowest BCUT2D eigenvalue weighted by molar-refractivity contribution is -0.354. The Bertz CT molecular complexity index is 508. The number of aliphatic hydroxyl groups excluding tert-OH is 8. The van der Waals surface area contributed by atoms with Gasteiger partial charge in [-0.3, -0.25) is 0 Å². The number of hydrogen-bond acceptors (Lipinski definition) is 13. The first kappa shape index (κ1) is 22.2. The predicted molar refractivity (Wildman–Crippen MR) is 83.2 cm³/mol. The third-order valence-electron chi connectivity index (χ3n) is 4.94. The summed E-state index contributed by atoms with van der Waals surface area (Å²) in [6.07, 6.45) is -17.6. The van der Waals surface area contributed by atoms with Gasteiger partial charge >= 0.3 is 0 Å². The molecule has 3 heterocycles. The van der Waals surface area contributed by atoms with Crippen LogP contribution in [0.5, 0.6) is 0 Å². The molecule has 0 spiro atoms. The fourth-order valence-electron chi connectivity index (χ4n) is 3.16. The average molecular weight is 414 g/mol. The summed E-state index contributed by atoms with van der Waals surface area (Å²) < 4.78 is 25.8. The molecule has 0 saturated carbocycles. The van der Waals surface area contributed by atoms with E-state index in [0.29, 0.717) is 0 Å². The van der Waals surface area contributed by atoms with Crippen molar-refractivity contribution in [3.63, 3.8) is 0 Å². The Morgan fingerprint density at radius 3 is 1.79 bits per heavy atom. The van der Waals surface area contributed by atoms with Crippen LogP contribution in [0.2, 0.25) is 0 Å². The van der Waals surface area contributed by atoms with E-state index in [1.165, 1.54) is 0 Å². The van der Waals surface area contributed by atoms with Crippen LogP contribution in [0.15, 0.2) is 0 Å². The Morgan fingerprint density at radius 2 is 1.07 bits per heavy atom. The summed E-state index contributed by atoms with van der Waals surface area (Å²) in [5.41, 5.74) is 0. The highest BCUT2D eigenvalue weighted by Crippen LogP contribution is 2.27. The smallest absolute Gasteiger partial charge is 0.186 e. The second-order valence-electron chi connectivity index (χ2n) is 6.99. The van der Waals surface area contributed by atoms with E-state index in [9.17, 15) is 40.9 Å². The maximum atomic E-state index is 10.3. The van der Waals surface area contributed by atoms with Gasteiger partial charge in [-0.1, -0.05) is 0 Å². The highest BCUT2D eigenvalue weighted by Gasteiger charge is 2.48. The summed E-state index contributed by atoms with van der Waals surface area (Å²) in [4.78, 5) is 0. The van der Waals surface area contributed by atoms with Gasteiger partial charge in [0.2, 0.25) is 0 Å². The van der Waals surface area contributed by atoms with Gasteiger partial charge in [-0.05, 0) is 0 Å². The molecule has 3 aliphatic heterocycles. The standard InChI is InChI=1S/C15H26O13/c16-4-2-25-14(10(21)7(4)18)27-6-3-26-15(11(22)9(6)20)28-12-8(19)5(17)1-24-13(12)23/h4-23H,1-3H2/t4-,5-,6-,7-,8-,9-,10+,11+,12+,13-,14+,15+/m1/s1. The van der Waals surface area contributed by atoms with Crippen LogP contribution in [0.25, 0.3) is 0 Å². The molecule has 3 fully saturated rings. The number of hydrogen-bond donors (Lipinski definition) is 8. The van der Waals surface area contributed by atoms with E-state index in [-0.39, 0.29) is 19.8 Å². The Kier molecular flexibility index (Phi) is 7.20. The molecular weight excluding hydrogens is 388 g/mol. The molecule has 3 rings (SSSR count). The van der Waals surface area contributed by atoms with E-state index in [4.69, 9.17) is 23.7 Å². The van der Waals surface area contributed by atoms with Crippen molar-refractivity contribution in [3.8, 4) is 0 Å². The molecule has 13 nitrogen and oxygen atoms in total. The second kappa shape index (κ2) is 9.09. The van der Waals surface area contributed by atoms with Crippen LogP contribution in [0, 0.1) is 0 Å². The summed E-state index contributed by atoms with van der Waals surface area (Å²) in [5, 5.41) is 78.7. The molecule has 0 aromatic heterocycles. The fourth-order valence-corrected chi connectivity index (χ4v) is 3.16. The fraction of sp³-hybridized carbons (Fsp3) is 1.00. The van der Waals surface area contributed by atoms with Crippen molar-refractivity contribution in [1.82, 2.24) is 0 Å². The molecule has 3 aliphatic rings. The minimum atomic E-state index is -1.69. The molecule has 0 bridgehead atoms. The summed E-state index contributed by atoms with van der Waals surface area (Å²) in [6, 6.07) is 0. The molecule has 0 aromatic rings. The van der Waals surface area contributed by atoms with E-state index >= 15 is 0 Å². The minimum absolute atomic E-state index is 0.305. The third-order valence-corrected chi connectivity index (χ3v) is 4.94. The summed E-state index contributed by atoms with van der Waals surface area (Å²) in [5.74, 6) is 0. The van der Waals surface area contributed by atoms with Crippen molar-refractivity contribution in [1.29, 1.82) is 0 Å². The zero-order valence-electron chi connectivity index (χ0n) is 14.7. The van der Waals surface area contributed by atoms with Gasteiger partial charge in [0.05, 0.1) is 19.8 Å². The Morgan fingerprint density at radius 1 is 0.536 bits per heavy atom. The topological polar surface area (TPSA) is 208 Å². The minimum Gasteiger partial charge on any atom is -0.388 e.